The molecule has 1 atom stereocenters. The summed E-state index contributed by atoms with van der Waals surface area (Å²) >= 11 is 0. The molecule has 0 saturated carbocycles. The molecule has 1 unspecified atom stereocenters. The molecule has 12 heavy (non-hydrogen) atoms. The van der Waals surface area contributed by atoms with Crippen LogP contribution in [0.2, 0.25) is 0 Å². The van der Waals surface area contributed by atoms with Gasteiger partial charge in [0.1, 0.15) is 0 Å². The molecule has 0 aliphatic carbocycles. The molecule has 0 radical (unpaired) electrons. The molecule has 3 heteroatoms. The summed E-state index contributed by atoms with van der Waals surface area (Å²) in [5.41, 5.74) is 0.368. The van der Waals surface area contributed by atoms with E-state index in [-0.39, 0.29) is 0 Å². The van der Waals surface area contributed by atoms with E-state index in [2.05, 4.69) is 0 Å². The Hall–Kier alpha value is -0.800. The summed E-state index contributed by atoms with van der Waals surface area (Å²) in [5, 5.41) is 9.90. The highest BCUT2D eigenvalue weighted by molar-refractivity contribution is 5.10. The predicted octanol–water partition coefficient (Wildman–Crippen LogP) is 0.974. The van der Waals surface area contributed by atoms with E-state index in [1.807, 2.05) is 6.07 Å². The van der Waals surface area contributed by atoms with Gasteiger partial charge in [-0.1, -0.05) is 0 Å². The van der Waals surface area contributed by atoms with Crippen LogP contribution in [0.1, 0.15) is 12.0 Å². The van der Waals surface area contributed by atoms with Crippen LogP contribution in [0.25, 0.3) is 0 Å². The minimum absolute atomic E-state index is 0.443. The largest absolute Gasteiger partial charge is 0.472 e. The van der Waals surface area contributed by atoms with Gasteiger partial charge in [-0.25, -0.2) is 0 Å². The molecule has 1 saturated heterocycles. The molecule has 66 valence electrons. The van der Waals surface area contributed by atoms with Gasteiger partial charge in [-0.3, -0.25) is 0 Å². The Bertz CT molecular complexity index is 234. The summed E-state index contributed by atoms with van der Waals surface area (Å²) in [4.78, 5) is 0. The van der Waals surface area contributed by atoms with Crippen LogP contribution in [-0.4, -0.2) is 23.9 Å². The minimum Gasteiger partial charge on any atom is -0.472 e. The van der Waals surface area contributed by atoms with Gasteiger partial charge >= 0.3 is 0 Å². The Morgan fingerprint density at radius 2 is 2.50 bits per heavy atom. The Kier molecular flexibility index (Phi) is 1.90. The lowest BCUT2D eigenvalue weighted by Crippen LogP contribution is -2.31. The van der Waals surface area contributed by atoms with E-state index in [9.17, 15) is 5.11 Å². The van der Waals surface area contributed by atoms with Gasteiger partial charge in [0.25, 0.3) is 0 Å². The molecule has 1 aromatic heterocycles. The molecule has 0 spiro atoms. The van der Waals surface area contributed by atoms with Gasteiger partial charge in [-0.15, -0.1) is 0 Å². The van der Waals surface area contributed by atoms with Crippen molar-refractivity contribution in [3.63, 3.8) is 0 Å². The number of hydrogen-bond acceptors (Lipinski definition) is 3. The number of furan rings is 1. The highest BCUT2D eigenvalue weighted by atomic mass is 16.5. The molecule has 2 rings (SSSR count). The molecule has 0 amide bonds. The Morgan fingerprint density at radius 3 is 3.08 bits per heavy atom. The van der Waals surface area contributed by atoms with E-state index in [0.29, 0.717) is 19.6 Å². The summed E-state index contributed by atoms with van der Waals surface area (Å²) in [6, 6.07) is 1.87. The van der Waals surface area contributed by atoms with Crippen molar-refractivity contribution in [2.45, 2.75) is 18.4 Å². The third-order valence-electron chi connectivity index (χ3n) is 2.20. The van der Waals surface area contributed by atoms with Gasteiger partial charge < -0.3 is 14.3 Å². The Labute approximate surface area is 71.0 Å². The van der Waals surface area contributed by atoms with Crippen molar-refractivity contribution in [1.82, 2.24) is 0 Å². The number of aliphatic hydroxyl groups is 1. The summed E-state index contributed by atoms with van der Waals surface area (Å²) in [6.45, 7) is 1.10. The predicted molar refractivity (Wildman–Crippen MR) is 42.8 cm³/mol. The van der Waals surface area contributed by atoms with Gasteiger partial charge in [0.2, 0.25) is 0 Å². The van der Waals surface area contributed by atoms with Crippen LogP contribution in [0.5, 0.6) is 0 Å². The Morgan fingerprint density at radius 1 is 1.58 bits per heavy atom. The third-order valence-corrected chi connectivity index (χ3v) is 2.20. The third kappa shape index (κ3) is 1.52. The zero-order valence-corrected chi connectivity index (χ0v) is 6.82. The smallest absolute Gasteiger partial charge is 0.0943 e. The van der Waals surface area contributed by atoms with E-state index in [0.717, 1.165) is 12.0 Å². The van der Waals surface area contributed by atoms with Crippen molar-refractivity contribution in [3.05, 3.63) is 24.2 Å². The molecule has 0 bridgehead atoms. The maximum atomic E-state index is 9.90. The summed E-state index contributed by atoms with van der Waals surface area (Å²) in [5.74, 6) is 0. The summed E-state index contributed by atoms with van der Waals surface area (Å²) < 4.78 is 10.0. The van der Waals surface area contributed by atoms with Crippen LogP contribution in [0.15, 0.2) is 23.0 Å². The van der Waals surface area contributed by atoms with Crippen molar-refractivity contribution in [3.8, 4) is 0 Å². The standard InChI is InChI=1S/C9H12O3/c10-9(2-4-12-7-9)5-8-1-3-11-6-8/h1,3,6,10H,2,4-5,7H2. The monoisotopic (exact) mass is 168 g/mol. The second-order valence-electron chi connectivity index (χ2n) is 3.34. The topological polar surface area (TPSA) is 42.6 Å². The fourth-order valence-electron chi connectivity index (χ4n) is 1.51. The zero-order chi connectivity index (χ0) is 8.44. The average Bonchev–Trinajstić information content (AvgIpc) is 2.62. The van der Waals surface area contributed by atoms with Crippen LogP contribution in [0, 0.1) is 0 Å². The lowest BCUT2D eigenvalue weighted by molar-refractivity contribution is 0.0269. The van der Waals surface area contributed by atoms with E-state index in [1.165, 1.54) is 0 Å². The first-order valence-corrected chi connectivity index (χ1v) is 4.10. The quantitative estimate of drug-likeness (QED) is 0.715. The van der Waals surface area contributed by atoms with E-state index < -0.39 is 5.60 Å². The fourth-order valence-corrected chi connectivity index (χ4v) is 1.51. The second kappa shape index (κ2) is 2.92. The van der Waals surface area contributed by atoms with Gasteiger partial charge in [0, 0.05) is 19.4 Å². The van der Waals surface area contributed by atoms with Crippen molar-refractivity contribution in [2.75, 3.05) is 13.2 Å². The lowest BCUT2D eigenvalue weighted by Gasteiger charge is -2.18. The lowest BCUT2D eigenvalue weighted by atomic mass is 9.96. The normalized spacial score (nSPS) is 29.4. The molecule has 1 aromatic rings. The van der Waals surface area contributed by atoms with Crippen molar-refractivity contribution in [2.24, 2.45) is 0 Å². The van der Waals surface area contributed by atoms with Gasteiger partial charge in [0.15, 0.2) is 0 Å². The highest BCUT2D eigenvalue weighted by Crippen LogP contribution is 2.23. The SMILES string of the molecule is OC1(Cc2ccoc2)CCOC1. The molecule has 1 aliphatic rings. The van der Waals surface area contributed by atoms with Gasteiger partial charge in [-0.05, 0) is 11.6 Å². The van der Waals surface area contributed by atoms with Crippen molar-refractivity contribution in [1.29, 1.82) is 0 Å². The van der Waals surface area contributed by atoms with Crippen LogP contribution in [-0.2, 0) is 11.2 Å². The molecular formula is C9H12O3. The van der Waals surface area contributed by atoms with E-state index in [4.69, 9.17) is 9.15 Å². The first-order chi connectivity index (χ1) is 5.79. The number of rotatable bonds is 2. The molecule has 3 nitrogen and oxygen atoms in total. The van der Waals surface area contributed by atoms with E-state index >= 15 is 0 Å². The molecular weight excluding hydrogens is 156 g/mol. The highest BCUT2D eigenvalue weighted by Gasteiger charge is 2.32. The van der Waals surface area contributed by atoms with Crippen LogP contribution >= 0.6 is 0 Å². The Balaban J connectivity index is 2.02. The average molecular weight is 168 g/mol. The fraction of sp³-hybridized carbons (Fsp3) is 0.556. The van der Waals surface area contributed by atoms with Gasteiger partial charge in [-0.2, -0.15) is 0 Å². The number of ether oxygens (including phenoxy) is 1. The second-order valence-corrected chi connectivity index (χ2v) is 3.34. The maximum Gasteiger partial charge on any atom is 0.0943 e. The molecule has 0 aromatic carbocycles. The van der Waals surface area contributed by atoms with Gasteiger partial charge in [0.05, 0.1) is 24.7 Å². The van der Waals surface area contributed by atoms with Crippen molar-refractivity contribution < 1.29 is 14.3 Å². The van der Waals surface area contributed by atoms with Crippen LogP contribution < -0.4 is 0 Å². The molecule has 1 N–H and O–H groups in total. The van der Waals surface area contributed by atoms with E-state index in [1.54, 1.807) is 12.5 Å². The number of hydrogen-bond donors (Lipinski definition) is 1. The van der Waals surface area contributed by atoms with Crippen LogP contribution in [0.4, 0.5) is 0 Å². The molecule has 1 fully saturated rings. The first-order valence-electron chi connectivity index (χ1n) is 4.10. The first kappa shape index (κ1) is 7.83. The summed E-state index contributed by atoms with van der Waals surface area (Å²) in [6.07, 6.45) is 4.63. The minimum atomic E-state index is -0.663. The van der Waals surface area contributed by atoms with Crippen molar-refractivity contribution >= 4 is 0 Å². The zero-order valence-electron chi connectivity index (χ0n) is 6.82. The molecule has 1 aliphatic heterocycles. The van der Waals surface area contributed by atoms with Crippen LogP contribution in [0.3, 0.4) is 0 Å². The summed E-state index contributed by atoms with van der Waals surface area (Å²) in [7, 11) is 0. The maximum absolute atomic E-state index is 9.90. The molecule has 2 heterocycles.